The van der Waals surface area contributed by atoms with E-state index in [2.05, 4.69) is 0 Å². The summed E-state index contributed by atoms with van der Waals surface area (Å²) in [5, 5.41) is 201. The van der Waals surface area contributed by atoms with Crippen LogP contribution in [0.25, 0.3) is 0 Å². The van der Waals surface area contributed by atoms with Crippen LogP contribution in [0.5, 0.6) is 0 Å². The van der Waals surface area contributed by atoms with E-state index in [1.54, 1.807) is 0 Å². The third-order valence-corrected chi connectivity index (χ3v) is 14.8. The third-order valence-electron chi connectivity index (χ3n) is 14.8. The first-order valence-corrected chi connectivity index (χ1v) is 23.4. The minimum atomic E-state index is -1.74. The lowest BCUT2D eigenvalue weighted by Gasteiger charge is -2.45. The summed E-state index contributed by atoms with van der Waals surface area (Å²) in [4.78, 5) is 0. The lowest BCUT2D eigenvalue weighted by Crippen LogP contribution is -2.60. The summed E-state index contributed by atoms with van der Waals surface area (Å²) < 4.78 is 40.0. The van der Waals surface area contributed by atoms with Gasteiger partial charge in [-0.25, -0.2) is 0 Å². The average Bonchev–Trinajstić information content (AvgIpc) is 3.33. The smallest absolute Gasteiger partial charge is 0.186 e. The summed E-state index contributed by atoms with van der Waals surface area (Å²) in [6.07, 6.45) is -44.2. The van der Waals surface area contributed by atoms with Crippen molar-refractivity contribution in [3.8, 4) is 0 Å². The van der Waals surface area contributed by atoms with Crippen molar-refractivity contribution < 1.29 is 130 Å². The Kier molecular flexibility index (Phi) is 20.1. The molecular formula is C42H74O26. The van der Waals surface area contributed by atoms with Crippen LogP contribution < -0.4 is 0 Å². The lowest BCUT2D eigenvalue weighted by atomic mass is 9.85. The molecule has 6 heterocycles. The van der Waals surface area contributed by atoms with E-state index in [4.69, 9.17) is 33.2 Å². The van der Waals surface area contributed by atoms with E-state index in [1.165, 1.54) is 7.11 Å². The standard InChI is InChI=1S/C42H74O26/c1-62-42-41(61)40(60)33(53)22(68-42)11-10-20-31(51)38(58)29(49)18(66-20)7-6-16-27(47)36(56)25(45)14(64-16)3-2-13-24(44)35(55)26(46)15(63-13)4-5-17-28(48)37(57)30(50)19(65-17)8-9-21-32(52)39(59)34(54)23(12-43)67-21/h13-61H,2-12H2,1H3/t13-,14+,15+,16-,17-,18+,19+,20-,21-,22+,23+,24-,25-,26-,27-,28-,29-,30-,31-,32-,33-,34-,35?,36?,37?,38-,39+,40-,41+,42-/m0/s1. The molecule has 19 N–H and O–H groups in total. The lowest BCUT2D eigenvalue weighted by molar-refractivity contribution is -0.293. The first-order chi connectivity index (χ1) is 32.1. The zero-order valence-electron chi connectivity index (χ0n) is 37.5. The number of methoxy groups -OCH3 is 1. The first-order valence-electron chi connectivity index (χ1n) is 23.4. The Labute approximate surface area is 391 Å². The molecule has 6 fully saturated rings. The van der Waals surface area contributed by atoms with E-state index in [-0.39, 0.29) is 64.2 Å². The number of aliphatic hydroxyl groups is 19. The molecule has 0 radical (unpaired) electrons. The summed E-state index contributed by atoms with van der Waals surface area (Å²) in [6.45, 7) is -0.652. The fourth-order valence-corrected chi connectivity index (χ4v) is 10.4. The molecule has 6 aliphatic rings. The van der Waals surface area contributed by atoms with E-state index in [0.29, 0.717) is 0 Å². The van der Waals surface area contributed by atoms with Crippen molar-refractivity contribution in [3.05, 3.63) is 0 Å². The second-order valence-electron chi connectivity index (χ2n) is 19.2. The predicted molar refractivity (Wildman–Crippen MR) is 220 cm³/mol. The third kappa shape index (κ3) is 12.1. The van der Waals surface area contributed by atoms with E-state index in [9.17, 15) is 97.0 Å². The molecule has 30 atom stereocenters. The topological polar surface area (TPSA) is 449 Å². The SMILES string of the molecule is CO[C@H]1O[C@H](CC[C@@H]2O[C@H](CC[C@@H]3O[C@H](CC[C@@H]4O[C@H](CC[C@@H]5O[C@H](CC[C@@H]6O[C@H](CO)[C@H](O)[C@H](O)[C@H]6O)[C@H](O)C(O)[C@H]5O)[C@H](O)C(O)[C@H]4O)[C@H](O)C(O)[C@H]3O)[C@H](O)[C@H](O)[C@H]2O)[C@H](O)[C@H](O)[C@H]1O. The Morgan fingerprint density at radius 3 is 0.588 bits per heavy atom. The fourth-order valence-electron chi connectivity index (χ4n) is 10.4. The van der Waals surface area contributed by atoms with Crippen molar-refractivity contribution in [2.45, 2.75) is 248 Å². The van der Waals surface area contributed by atoms with Gasteiger partial charge in [-0.3, -0.25) is 0 Å². The Hall–Kier alpha value is -1.04. The van der Waals surface area contributed by atoms with Crippen molar-refractivity contribution in [3.63, 3.8) is 0 Å². The van der Waals surface area contributed by atoms with Crippen molar-refractivity contribution in [2.24, 2.45) is 0 Å². The van der Waals surface area contributed by atoms with Gasteiger partial charge in [0.2, 0.25) is 0 Å². The summed E-state index contributed by atoms with van der Waals surface area (Å²) in [5.41, 5.74) is 0. The summed E-state index contributed by atoms with van der Waals surface area (Å²) in [5.74, 6) is 0. The molecule has 0 saturated carbocycles. The van der Waals surface area contributed by atoms with E-state index >= 15 is 0 Å². The molecule has 26 heteroatoms. The molecule has 398 valence electrons. The van der Waals surface area contributed by atoms with Crippen molar-refractivity contribution in [2.75, 3.05) is 13.7 Å². The number of hydrogen-bond acceptors (Lipinski definition) is 26. The molecule has 26 nitrogen and oxygen atoms in total. The molecule has 68 heavy (non-hydrogen) atoms. The fraction of sp³-hybridized carbons (Fsp3) is 1.00. The number of ether oxygens (including phenoxy) is 7. The minimum Gasteiger partial charge on any atom is -0.394 e. The van der Waals surface area contributed by atoms with Crippen LogP contribution in [0.1, 0.15) is 64.2 Å². The van der Waals surface area contributed by atoms with Crippen LogP contribution in [-0.4, -0.2) is 294 Å². The highest BCUT2D eigenvalue weighted by Crippen LogP contribution is 2.36. The van der Waals surface area contributed by atoms with Gasteiger partial charge in [-0.1, -0.05) is 0 Å². The highest BCUT2D eigenvalue weighted by molar-refractivity contribution is 5.00. The van der Waals surface area contributed by atoms with Crippen LogP contribution in [0.4, 0.5) is 0 Å². The van der Waals surface area contributed by atoms with Gasteiger partial charge in [0.05, 0.1) is 67.6 Å². The van der Waals surface area contributed by atoms with Gasteiger partial charge in [-0.05, 0) is 64.2 Å². The van der Waals surface area contributed by atoms with Crippen LogP contribution in [0, 0.1) is 0 Å². The molecule has 6 saturated heterocycles. The van der Waals surface area contributed by atoms with Gasteiger partial charge >= 0.3 is 0 Å². The molecule has 0 aromatic carbocycles. The minimum absolute atomic E-state index is 0.0402. The van der Waals surface area contributed by atoms with E-state index in [0.717, 1.165) is 0 Å². The van der Waals surface area contributed by atoms with Crippen LogP contribution in [-0.2, 0) is 33.2 Å². The second-order valence-corrected chi connectivity index (χ2v) is 19.2. The normalized spacial score (nSPS) is 52.8. The molecule has 6 rings (SSSR count). The number of aliphatic hydroxyl groups excluding tert-OH is 19. The molecule has 0 aromatic rings. The highest BCUT2D eigenvalue weighted by atomic mass is 16.7. The maximum absolute atomic E-state index is 10.9. The summed E-state index contributed by atoms with van der Waals surface area (Å²) in [7, 11) is 1.23. The Morgan fingerprint density at radius 1 is 0.235 bits per heavy atom. The van der Waals surface area contributed by atoms with Gasteiger partial charge in [0.15, 0.2) is 6.29 Å². The molecular weight excluding hydrogens is 920 g/mol. The number of rotatable bonds is 17. The van der Waals surface area contributed by atoms with Gasteiger partial charge in [0.1, 0.15) is 116 Å². The quantitative estimate of drug-likeness (QED) is 0.0643. The van der Waals surface area contributed by atoms with Crippen molar-refractivity contribution >= 4 is 0 Å². The molecule has 3 unspecified atom stereocenters. The molecule has 6 aliphatic heterocycles. The molecule has 0 bridgehead atoms. The summed E-state index contributed by atoms with van der Waals surface area (Å²) in [6, 6.07) is 0. The van der Waals surface area contributed by atoms with Crippen LogP contribution in [0.15, 0.2) is 0 Å². The first kappa shape index (κ1) is 56.3. The van der Waals surface area contributed by atoms with E-state index in [1.807, 2.05) is 0 Å². The summed E-state index contributed by atoms with van der Waals surface area (Å²) >= 11 is 0. The average molecular weight is 995 g/mol. The van der Waals surface area contributed by atoms with Crippen molar-refractivity contribution in [1.82, 2.24) is 0 Å². The zero-order chi connectivity index (χ0) is 50.0. The Morgan fingerprint density at radius 2 is 0.397 bits per heavy atom. The molecule has 0 spiro atoms. The highest BCUT2D eigenvalue weighted by Gasteiger charge is 2.51. The van der Waals surface area contributed by atoms with Gasteiger partial charge in [0, 0.05) is 7.11 Å². The van der Waals surface area contributed by atoms with Gasteiger partial charge in [0.25, 0.3) is 0 Å². The van der Waals surface area contributed by atoms with Gasteiger partial charge in [-0.2, -0.15) is 0 Å². The molecule has 0 aliphatic carbocycles. The monoisotopic (exact) mass is 994 g/mol. The largest absolute Gasteiger partial charge is 0.394 e. The van der Waals surface area contributed by atoms with Crippen LogP contribution in [0.3, 0.4) is 0 Å². The maximum atomic E-state index is 10.9. The predicted octanol–water partition coefficient (Wildman–Crippen LogP) is -9.42. The van der Waals surface area contributed by atoms with Crippen LogP contribution in [0.2, 0.25) is 0 Å². The maximum Gasteiger partial charge on any atom is 0.186 e. The Bertz CT molecular complexity index is 1410. The van der Waals surface area contributed by atoms with E-state index < -0.39 is 190 Å². The van der Waals surface area contributed by atoms with Crippen molar-refractivity contribution in [1.29, 1.82) is 0 Å². The van der Waals surface area contributed by atoms with Crippen LogP contribution >= 0.6 is 0 Å². The number of hydrogen-bond donors (Lipinski definition) is 19. The molecule has 0 aromatic heterocycles. The molecule has 0 amide bonds. The second kappa shape index (κ2) is 24.3. The Balaban J connectivity index is 1.01. The van der Waals surface area contributed by atoms with Gasteiger partial charge < -0.3 is 130 Å². The van der Waals surface area contributed by atoms with Gasteiger partial charge in [-0.15, -0.1) is 0 Å². The zero-order valence-corrected chi connectivity index (χ0v) is 37.5.